The number of hydrogen-bond acceptors (Lipinski definition) is 5. The van der Waals surface area contributed by atoms with Gasteiger partial charge < -0.3 is 4.90 Å². The Morgan fingerprint density at radius 3 is 2.75 bits per heavy atom. The van der Waals surface area contributed by atoms with E-state index in [0.717, 1.165) is 23.3 Å². The molecule has 20 heavy (non-hydrogen) atoms. The summed E-state index contributed by atoms with van der Waals surface area (Å²) in [6, 6.07) is 10.0. The van der Waals surface area contributed by atoms with Crippen LogP contribution in [-0.4, -0.2) is 23.6 Å². The summed E-state index contributed by atoms with van der Waals surface area (Å²) in [4.78, 5) is 10.2. The van der Waals surface area contributed by atoms with Crippen LogP contribution in [0, 0.1) is 11.5 Å². The number of nitrogens with zero attached hydrogens (tertiary/aromatic N) is 4. The molecular formula is C14H14BrN5. The van der Waals surface area contributed by atoms with Crippen LogP contribution in [0.5, 0.6) is 0 Å². The van der Waals surface area contributed by atoms with Crippen LogP contribution >= 0.6 is 15.9 Å². The van der Waals surface area contributed by atoms with Gasteiger partial charge in [-0.2, -0.15) is 5.26 Å². The zero-order valence-corrected chi connectivity index (χ0v) is 12.6. The van der Waals surface area contributed by atoms with E-state index in [-0.39, 0.29) is 0 Å². The van der Waals surface area contributed by atoms with E-state index in [2.05, 4.69) is 43.3 Å². The number of hydrogen-bond donors (Lipinski definition) is 1. The van der Waals surface area contributed by atoms with E-state index >= 15 is 0 Å². The second kappa shape index (κ2) is 6.87. The summed E-state index contributed by atoms with van der Waals surface area (Å²) in [7, 11) is 1.97. The normalized spacial score (nSPS) is 9.85. The molecule has 1 aromatic carbocycles. The summed E-state index contributed by atoms with van der Waals surface area (Å²) in [6.45, 7) is 0.838. The van der Waals surface area contributed by atoms with Crippen LogP contribution in [-0.2, 0) is 6.42 Å². The van der Waals surface area contributed by atoms with E-state index in [1.807, 2.05) is 30.3 Å². The van der Waals surface area contributed by atoms with E-state index in [0.29, 0.717) is 5.82 Å². The summed E-state index contributed by atoms with van der Waals surface area (Å²) >= 11 is 3.42. The zero-order valence-electron chi connectivity index (χ0n) is 11.0. The molecular weight excluding hydrogens is 318 g/mol. The molecule has 2 aromatic rings. The van der Waals surface area contributed by atoms with E-state index in [9.17, 15) is 0 Å². The van der Waals surface area contributed by atoms with Gasteiger partial charge in [0.2, 0.25) is 0 Å². The molecule has 6 heteroatoms. The topological polar surface area (TPSA) is 64.8 Å². The van der Waals surface area contributed by atoms with Gasteiger partial charge in [-0.15, -0.1) is 0 Å². The number of rotatable bonds is 5. The largest absolute Gasteiger partial charge is 0.359 e. The molecule has 102 valence electrons. The maximum Gasteiger partial charge on any atom is 0.182 e. The van der Waals surface area contributed by atoms with Gasteiger partial charge >= 0.3 is 0 Å². The van der Waals surface area contributed by atoms with Crippen LogP contribution in [0.15, 0.2) is 41.1 Å². The van der Waals surface area contributed by atoms with Gasteiger partial charge in [0, 0.05) is 24.1 Å². The third-order valence-corrected chi connectivity index (χ3v) is 3.41. The summed E-state index contributed by atoms with van der Waals surface area (Å²) in [6.07, 6.45) is 4.22. The van der Waals surface area contributed by atoms with E-state index in [4.69, 9.17) is 5.26 Å². The lowest BCUT2D eigenvalue weighted by Gasteiger charge is -2.18. The van der Waals surface area contributed by atoms with Gasteiger partial charge in [0.05, 0.1) is 0 Å². The highest BCUT2D eigenvalue weighted by molar-refractivity contribution is 9.10. The van der Waals surface area contributed by atoms with Gasteiger partial charge in [-0.25, -0.2) is 9.97 Å². The molecule has 0 aliphatic rings. The van der Waals surface area contributed by atoms with Gasteiger partial charge in [0.25, 0.3) is 0 Å². The van der Waals surface area contributed by atoms with Crippen molar-refractivity contribution in [3.8, 4) is 6.19 Å². The second-order valence-electron chi connectivity index (χ2n) is 4.30. The predicted molar refractivity (Wildman–Crippen MR) is 82.4 cm³/mol. The predicted octanol–water partition coefficient (Wildman–Crippen LogP) is 2.81. The van der Waals surface area contributed by atoms with Crippen molar-refractivity contribution in [2.75, 3.05) is 23.8 Å². The van der Waals surface area contributed by atoms with Crippen molar-refractivity contribution < 1.29 is 0 Å². The highest BCUT2D eigenvalue weighted by Gasteiger charge is 2.04. The van der Waals surface area contributed by atoms with E-state index in [1.54, 1.807) is 6.07 Å². The third kappa shape index (κ3) is 3.93. The van der Waals surface area contributed by atoms with Crippen LogP contribution in [0.25, 0.3) is 0 Å². The van der Waals surface area contributed by atoms with Crippen molar-refractivity contribution in [1.29, 1.82) is 5.26 Å². The lowest BCUT2D eigenvalue weighted by molar-refractivity contribution is 0.856. The summed E-state index contributed by atoms with van der Waals surface area (Å²) in [5.74, 6) is 1.29. The Morgan fingerprint density at radius 1 is 1.30 bits per heavy atom. The van der Waals surface area contributed by atoms with Crippen LogP contribution < -0.4 is 10.2 Å². The van der Waals surface area contributed by atoms with Gasteiger partial charge in [0.15, 0.2) is 6.19 Å². The lowest BCUT2D eigenvalue weighted by atomic mass is 10.1. The minimum atomic E-state index is 0.507. The summed E-state index contributed by atoms with van der Waals surface area (Å²) in [5.41, 5.74) is 1.27. The Morgan fingerprint density at radius 2 is 2.05 bits per heavy atom. The number of benzene rings is 1. The maximum atomic E-state index is 8.58. The van der Waals surface area contributed by atoms with Crippen molar-refractivity contribution in [2.45, 2.75) is 6.42 Å². The molecule has 1 N–H and O–H groups in total. The summed E-state index contributed by atoms with van der Waals surface area (Å²) in [5, 5.41) is 11.1. The van der Waals surface area contributed by atoms with E-state index < -0.39 is 0 Å². The van der Waals surface area contributed by atoms with Gasteiger partial charge in [-0.1, -0.05) is 28.1 Å². The molecule has 0 saturated carbocycles. The molecule has 2 rings (SSSR count). The van der Waals surface area contributed by atoms with Gasteiger partial charge in [-0.05, 0) is 24.1 Å². The van der Waals surface area contributed by atoms with Crippen molar-refractivity contribution in [3.05, 3.63) is 46.7 Å². The second-order valence-corrected chi connectivity index (χ2v) is 5.21. The van der Waals surface area contributed by atoms with Crippen molar-refractivity contribution in [1.82, 2.24) is 9.97 Å². The van der Waals surface area contributed by atoms with Crippen LogP contribution in [0.4, 0.5) is 11.6 Å². The standard InChI is InChI=1S/C14H14BrN5/c1-20(7-6-11-2-4-12(15)5-3-11)14-8-13(17-9-16)18-10-19-14/h2-5,8,10H,6-7H2,1H3,(H,17,18,19). The minimum Gasteiger partial charge on any atom is -0.359 e. The molecule has 5 nitrogen and oxygen atoms in total. The van der Waals surface area contributed by atoms with Crippen molar-refractivity contribution in [3.63, 3.8) is 0 Å². The van der Waals surface area contributed by atoms with Crippen LogP contribution in [0.3, 0.4) is 0 Å². The lowest BCUT2D eigenvalue weighted by Crippen LogP contribution is -2.21. The molecule has 0 amide bonds. The Labute approximate surface area is 126 Å². The highest BCUT2D eigenvalue weighted by atomic mass is 79.9. The molecule has 0 radical (unpaired) electrons. The first-order chi connectivity index (χ1) is 9.69. The quantitative estimate of drug-likeness (QED) is 0.674. The average Bonchev–Trinajstić information content (AvgIpc) is 2.47. The summed E-state index contributed by atoms with van der Waals surface area (Å²) < 4.78 is 1.08. The molecule has 1 heterocycles. The number of anilines is 2. The molecule has 0 atom stereocenters. The fourth-order valence-electron chi connectivity index (χ4n) is 1.74. The molecule has 0 aliphatic heterocycles. The fraction of sp³-hybridized carbons (Fsp3) is 0.214. The number of likely N-dealkylation sites (N-methyl/N-ethyl adjacent to an activating group) is 1. The number of aromatic nitrogens is 2. The van der Waals surface area contributed by atoms with E-state index in [1.165, 1.54) is 11.9 Å². The van der Waals surface area contributed by atoms with Crippen molar-refractivity contribution >= 4 is 27.6 Å². The highest BCUT2D eigenvalue weighted by Crippen LogP contribution is 2.14. The number of nitrogens with one attached hydrogen (secondary N) is 1. The van der Waals surface area contributed by atoms with Gasteiger partial charge in [-0.3, -0.25) is 5.32 Å². The maximum absolute atomic E-state index is 8.58. The fourth-order valence-corrected chi connectivity index (χ4v) is 2.01. The molecule has 0 spiro atoms. The zero-order chi connectivity index (χ0) is 14.4. The Balaban J connectivity index is 1.97. The molecule has 1 aromatic heterocycles. The smallest absolute Gasteiger partial charge is 0.182 e. The van der Waals surface area contributed by atoms with Crippen LogP contribution in [0.1, 0.15) is 5.56 Å². The number of halogens is 1. The molecule has 0 fully saturated rings. The van der Waals surface area contributed by atoms with Crippen LogP contribution in [0.2, 0.25) is 0 Å². The Kier molecular flexibility index (Phi) is 4.91. The SMILES string of the molecule is CN(CCc1ccc(Br)cc1)c1cc(NC#N)ncn1. The monoisotopic (exact) mass is 331 g/mol. The third-order valence-electron chi connectivity index (χ3n) is 2.88. The molecule has 0 saturated heterocycles. The molecule has 0 unspecified atom stereocenters. The number of nitriles is 1. The first kappa shape index (κ1) is 14.3. The molecule has 0 aliphatic carbocycles. The first-order valence-electron chi connectivity index (χ1n) is 6.12. The van der Waals surface area contributed by atoms with Crippen molar-refractivity contribution in [2.24, 2.45) is 0 Å². The molecule has 0 bridgehead atoms. The van der Waals surface area contributed by atoms with Gasteiger partial charge in [0.1, 0.15) is 18.0 Å². The first-order valence-corrected chi connectivity index (χ1v) is 6.91. The average molecular weight is 332 g/mol. The minimum absolute atomic E-state index is 0.507. The Bertz CT molecular complexity index is 606. The Hall–Kier alpha value is -2.13.